The van der Waals surface area contributed by atoms with Gasteiger partial charge in [-0.25, -0.2) is 4.98 Å². The molecule has 7 nitrogen and oxygen atoms in total. The Bertz CT molecular complexity index is 671. The summed E-state index contributed by atoms with van der Waals surface area (Å²) >= 11 is 0. The first-order valence-electron chi connectivity index (χ1n) is 6.71. The van der Waals surface area contributed by atoms with Crippen LogP contribution in [0.15, 0.2) is 42.6 Å². The Hall–Kier alpha value is -2.96. The normalized spacial score (nSPS) is 10.0. The van der Waals surface area contributed by atoms with E-state index < -0.39 is 4.92 Å². The molecule has 7 heteroatoms. The second kappa shape index (κ2) is 7.16. The van der Waals surface area contributed by atoms with Crippen molar-refractivity contribution >= 4 is 11.6 Å². The number of rotatable bonds is 6. The van der Waals surface area contributed by atoms with Gasteiger partial charge in [0, 0.05) is 30.4 Å². The van der Waals surface area contributed by atoms with Crippen LogP contribution in [0.2, 0.25) is 0 Å². The van der Waals surface area contributed by atoms with Crippen molar-refractivity contribution in [1.29, 1.82) is 0 Å². The van der Waals surface area contributed by atoms with E-state index in [0.29, 0.717) is 23.6 Å². The van der Waals surface area contributed by atoms with Crippen LogP contribution in [-0.4, -0.2) is 22.4 Å². The summed E-state index contributed by atoms with van der Waals surface area (Å²) in [7, 11) is 0. The van der Waals surface area contributed by atoms with Crippen LogP contribution in [0.5, 0.6) is 5.88 Å². The van der Waals surface area contributed by atoms with E-state index in [1.54, 1.807) is 30.3 Å². The zero-order chi connectivity index (χ0) is 15.9. The summed E-state index contributed by atoms with van der Waals surface area (Å²) in [5.74, 6) is 0.0893. The number of nitrogens with one attached hydrogen (secondary N) is 1. The third-order valence-electron chi connectivity index (χ3n) is 2.92. The van der Waals surface area contributed by atoms with Crippen LogP contribution >= 0.6 is 0 Å². The number of nitro groups is 1. The summed E-state index contributed by atoms with van der Waals surface area (Å²) in [6.07, 6.45) is 1.40. The second-order valence-corrected chi connectivity index (χ2v) is 4.39. The van der Waals surface area contributed by atoms with Crippen LogP contribution in [0.3, 0.4) is 0 Å². The number of aromatic nitrogens is 1. The molecule has 1 amide bonds. The van der Waals surface area contributed by atoms with Gasteiger partial charge in [-0.05, 0) is 13.0 Å². The molecule has 0 saturated carbocycles. The summed E-state index contributed by atoms with van der Waals surface area (Å²) in [4.78, 5) is 26.4. The first kappa shape index (κ1) is 15.4. The Balaban J connectivity index is 2.02. The number of ether oxygens (including phenoxy) is 1. The Kier molecular flexibility index (Phi) is 5.02. The summed E-state index contributed by atoms with van der Waals surface area (Å²) in [6.45, 7) is 2.41. The molecule has 0 fully saturated rings. The van der Waals surface area contributed by atoms with Crippen molar-refractivity contribution in [1.82, 2.24) is 10.3 Å². The molecule has 22 heavy (non-hydrogen) atoms. The van der Waals surface area contributed by atoms with Gasteiger partial charge >= 0.3 is 0 Å². The minimum Gasteiger partial charge on any atom is -0.478 e. The maximum atomic E-state index is 12.0. The van der Waals surface area contributed by atoms with Gasteiger partial charge in [0.05, 0.1) is 17.1 Å². The Morgan fingerprint density at radius 2 is 2.09 bits per heavy atom. The fraction of sp³-hybridized carbons (Fsp3) is 0.200. The maximum Gasteiger partial charge on any atom is 0.274 e. The zero-order valence-electron chi connectivity index (χ0n) is 12.0. The van der Waals surface area contributed by atoms with E-state index in [1.807, 2.05) is 6.92 Å². The molecule has 1 heterocycles. The van der Waals surface area contributed by atoms with Crippen molar-refractivity contribution in [3.05, 3.63) is 63.8 Å². The van der Waals surface area contributed by atoms with E-state index in [9.17, 15) is 14.9 Å². The van der Waals surface area contributed by atoms with Crippen molar-refractivity contribution in [3.8, 4) is 5.88 Å². The molecule has 0 unspecified atom stereocenters. The molecule has 0 saturated heterocycles. The van der Waals surface area contributed by atoms with Crippen molar-refractivity contribution in [3.63, 3.8) is 0 Å². The molecule has 2 rings (SSSR count). The standard InChI is InChI=1S/C15H15N3O4/c1-2-22-14-8-7-12(10-16-14)15(19)17-9-11-5-3-4-6-13(11)18(20)21/h3-8,10H,2,9H2,1H3,(H,17,19). The Morgan fingerprint density at radius 3 is 2.73 bits per heavy atom. The minimum absolute atomic E-state index is 0.0207. The molecule has 2 aromatic rings. The molecule has 0 aliphatic rings. The predicted octanol–water partition coefficient (Wildman–Crippen LogP) is 2.32. The van der Waals surface area contributed by atoms with Crippen LogP contribution in [0.25, 0.3) is 0 Å². The van der Waals surface area contributed by atoms with Crippen LogP contribution in [0.4, 0.5) is 5.69 Å². The lowest BCUT2D eigenvalue weighted by atomic mass is 10.1. The lowest BCUT2D eigenvalue weighted by Crippen LogP contribution is -2.23. The average molecular weight is 301 g/mol. The Labute approximate surface area is 127 Å². The number of para-hydroxylation sites is 1. The van der Waals surface area contributed by atoms with Crippen molar-refractivity contribution < 1.29 is 14.5 Å². The van der Waals surface area contributed by atoms with E-state index in [0.717, 1.165) is 0 Å². The van der Waals surface area contributed by atoms with E-state index in [2.05, 4.69) is 10.3 Å². The molecule has 114 valence electrons. The van der Waals surface area contributed by atoms with Gasteiger partial charge in [-0.15, -0.1) is 0 Å². The molecule has 0 atom stereocenters. The van der Waals surface area contributed by atoms with Gasteiger partial charge in [0.2, 0.25) is 5.88 Å². The Morgan fingerprint density at radius 1 is 1.32 bits per heavy atom. The molecular formula is C15H15N3O4. The van der Waals surface area contributed by atoms with Gasteiger partial charge in [0.25, 0.3) is 11.6 Å². The molecular weight excluding hydrogens is 286 g/mol. The number of carbonyl (C=O) groups excluding carboxylic acids is 1. The molecule has 1 N–H and O–H groups in total. The quantitative estimate of drug-likeness (QED) is 0.652. The van der Waals surface area contributed by atoms with Gasteiger partial charge in [0.15, 0.2) is 0 Å². The first-order chi connectivity index (χ1) is 10.6. The summed E-state index contributed by atoms with van der Waals surface area (Å²) in [6, 6.07) is 9.47. The van der Waals surface area contributed by atoms with Gasteiger partial charge in [-0.2, -0.15) is 0 Å². The number of nitro benzene ring substituents is 1. The SMILES string of the molecule is CCOc1ccc(C(=O)NCc2ccccc2[N+](=O)[O-])cn1. The first-order valence-corrected chi connectivity index (χ1v) is 6.71. The van der Waals surface area contributed by atoms with E-state index in [1.165, 1.54) is 12.3 Å². The van der Waals surface area contributed by atoms with Crippen LogP contribution in [0, 0.1) is 10.1 Å². The third-order valence-corrected chi connectivity index (χ3v) is 2.92. The van der Waals surface area contributed by atoms with Gasteiger partial charge < -0.3 is 10.1 Å². The molecule has 1 aromatic carbocycles. The molecule has 0 spiro atoms. The highest BCUT2D eigenvalue weighted by Crippen LogP contribution is 2.17. The van der Waals surface area contributed by atoms with Crippen molar-refractivity contribution in [2.45, 2.75) is 13.5 Å². The van der Waals surface area contributed by atoms with E-state index >= 15 is 0 Å². The highest BCUT2D eigenvalue weighted by atomic mass is 16.6. The third kappa shape index (κ3) is 3.78. The smallest absolute Gasteiger partial charge is 0.274 e. The second-order valence-electron chi connectivity index (χ2n) is 4.39. The van der Waals surface area contributed by atoms with Gasteiger partial charge in [0.1, 0.15) is 0 Å². The number of hydrogen-bond acceptors (Lipinski definition) is 5. The molecule has 0 bridgehead atoms. The number of benzene rings is 1. The topological polar surface area (TPSA) is 94.4 Å². The number of carbonyl (C=O) groups is 1. The van der Waals surface area contributed by atoms with Gasteiger partial charge in [-0.3, -0.25) is 14.9 Å². The van der Waals surface area contributed by atoms with Crippen molar-refractivity contribution in [2.24, 2.45) is 0 Å². The highest BCUT2D eigenvalue weighted by Gasteiger charge is 2.13. The van der Waals surface area contributed by atoms with Crippen LogP contribution in [-0.2, 0) is 6.54 Å². The minimum atomic E-state index is -0.472. The number of hydrogen-bond donors (Lipinski definition) is 1. The highest BCUT2D eigenvalue weighted by molar-refractivity contribution is 5.93. The fourth-order valence-electron chi connectivity index (χ4n) is 1.86. The average Bonchev–Trinajstić information content (AvgIpc) is 2.54. The maximum absolute atomic E-state index is 12.0. The fourth-order valence-corrected chi connectivity index (χ4v) is 1.86. The predicted molar refractivity (Wildman–Crippen MR) is 79.7 cm³/mol. The van der Waals surface area contributed by atoms with Crippen LogP contribution < -0.4 is 10.1 Å². The number of nitrogens with zero attached hydrogens (tertiary/aromatic N) is 2. The van der Waals surface area contributed by atoms with Gasteiger partial charge in [-0.1, -0.05) is 18.2 Å². The number of amides is 1. The van der Waals surface area contributed by atoms with Crippen LogP contribution in [0.1, 0.15) is 22.8 Å². The van der Waals surface area contributed by atoms with E-state index in [-0.39, 0.29) is 18.1 Å². The summed E-state index contributed by atoms with van der Waals surface area (Å²) < 4.78 is 5.19. The molecule has 0 aliphatic carbocycles. The lowest BCUT2D eigenvalue weighted by molar-refractivity contribution is -0.385. The summed E-state index contributed by atoms with van der Waals surface area (Å²) in [5.41, 5.74) is 0.786. The van der Waals surface area contributed by atoms with Crippen molar-refractivity contribution in [2.75, 3.05) is 6.61 Å². The summed E-state index contributed by atoms with van der Waals surface area (Å²) in [5, 5.41) is 13.5. The molecule has 0 radical (unpaired) electrons. The molecule has 0 aliphatic heterocycles. The lowest BCUT2D eigenvalue weighted by Gasteiger charge is -2.06. The largest absolute Gasteiger partial charge is 0.478 e. The van der Waals surface area contributed by atoms with E-state index in [4.69, 9.17) is 4.74 Å². The zero-order valence-corrected chi connectivity index (χ0v) is 12.0. The molecule has 1 aromatic heterocycles. The monoisotopic (exact) mass is 301 g/mol. The number of pyridine rings is 1.